The van der Waals surface area contributed by atoms with Crippen LogP contribution < -0.4 is 5.73 Å². The number of phenols is 1. The number of aromatic hydroxyl groups is 1. The van der Waals surface area contributed by atoms with Gasteiger partial charge in [-0.1, -0.05) is 12.1 Å². The Morgan fingerprint density at radius 3 is 2.62 bits per heavy atom. The molecule has 0 spiro atoms. The van der Waals surface area contributed by atoms with Crippen LogP contribution in [0.3, 0.4) is 0 Å². The van der Waals surface area contributed by atoms with E-state index in [2.05, 4.69) is 0 Å². The lowest BCUT2D eigenvalue weighted by Gasteiger charge is -2.05. The summed E-state index contributed by atoms with van der Waals surface area (Å²) in [7, 11) is 0. The van der Waals surface area contributed by atoms with Gasteiger partial charge in [0.1, 0.15) is 11.8 Å². The highest BCUT2D eigenvalue weighted by Gasteiger charge is 2.11. The third kappa shape index (κ3) is 2.76. The van der Waals surface area contributed by atoms with Crippen molar-refractivity contribution in [2.45, 2.75) is 12.4 Å². The first-order valence-corrected chi connectivity index (χ1v) is 3.59. The van der Waals surface area contributed by atoms with Gasteiger partial charge in [-0.2, -0.15) is 0 Å². The van der Waals surface area contributed by atoms with Crippen LogP contribution >= 0.6 is 0 Å². The van der Waals surface area contributed by atoms with Gasteiger partial charge in [-0.3, -0.25) is 4.79 Å². The Labute approximate surface area is 78.4 Å². The Hall–Kier alpha value is -1.55. The highest BCUT2D eigenvalue weighted by atomic mass is 16.5. The van der Waals surface area contributed by atoms with Crippen molar-refractivity contribution < 1.29 is 17.7 Å². The molecule has 0 bridgehead atoms. The lowest BCUT2D eigenvalue weighted by atomic mass is 10.1. The van der Waals surface area contributed by atoms with Gasteiger partial charge in [0, 0.05) is 1.37 Å². The van der Waals surface area contributed by atoms with Crippen molar-refractivity contribution in [3.8, 4) is 5.75 Å². The Balaban J connectivity index is 2.99. The number of carboxylic acids is 1. The van der Waals surface area contributed by atoms with Crippen molar-refractivity contribution in [3.63, 3.8) is 0 Å². The fourth-order valence-corrected chi connectivity index (χ4v) is 0.812. The first-order valence-electron chi connectivity index (χ1n) is 4.67. The van der Waals surface area contributed by atoms with Crippen LogP contribution in [0.1, 0.15) is 8.30 Å². The van der Waals surface area contributed by atoms with E-state index in [1.54, 1.807) is 0 Å². The number of hydrogen-bond donors (Lipinski definition) is 3. The number of carbonyl (C=O) groups is 1. The van der Waals surface area contributed by atoms with Crippen molar-refractivity contribution in [2.24, 2.45) is 5.73 Å². The van der Waals surface area contributed by atoms with Gasteiger partial charge in [-0.25, -0.2) is 0 Å². The third-order valence-electron chi connectivity index (χ3n) is 1.46. The minimum Gasteiger partial charge on any atom is -0.508 e. The summed E-state index contributed by atoms with van der Waals surface area (Å²) in [6.45, 7) is 0. The highest BCUT2D eigenvalue weighted by Crippen LogP contribution is 2.10. The van der Waals surface area contributed by atoms with Crippen LogP contribution in [0.5, 0.6) is 5.75 Å². The molecule has 4 heteroatoms. The maximum Gasteiger partial charge on any atom is 0.320 e. The number of carboxylic acid groups (broad SMARTS) is 1. The first kappa shape index (κ1) is 6.91. The second-order valence-electron chi connectivity index (χ2n) is 2.50. The number of hydrogen-bond acceptors (Lipinski definition) is 3. The second-order valence-corrected chi connectivity index (χ2v) is 2.50. The van der Waals surface area contributed by atoms with Crippen LogP contribution in [0.4, 0.5) is 0 Å². The fraction of sp³-hybridized carbons (Fsp3) is 0.222. The molecule has 0 fully saturated rings. The standard InChI is InChI=1S/C9H11NO3/c10-8(9(12)13)5-6-1-3-7(11)4-2-6/h1-4,8,11H,5,10H2,(H,12,13)/t8-/m0/s1/i5D,8D,9+1/t5?,8-. The van der Waals surface area contributed by atoms with E-state index in [4.69, 9.17) is 18.7 Å². The zero-order valence-corrected chi connectivity index (χ0v) is 6.77. The largest absolute Gasteiger partial charge is 0.508 e. The van der Waals surface area contributed by atoms with E-state index >= 15 is 0 Å². The molecule has 2 atom stereocenters. The molecule has 70 valence electrons. The smallest absolute Gasteiger partial charge is 0.320 e. The van der Waals surface area contributed by atoms with E-state index in [9.17, 15) is 4.79 Å². The molecule has 13 heavy (non-hydrogen) atoms. The quantitative estimate of drug-likeness (QED) is 0.592. The molecule has 0 radical (unpaired) electrons. The zero-order chi connectivity index (χ0) is 11.6. The number of rotatable bonds is 3. The molecule has 0 aliphatic heterocycles. The Bertz CT molecular complexity index is 364. The molecular formula is C9H11NO3. The van der Waals surface area contributed by atoms with Gasteiger partial charge in [-0.15, -0.1) is 0 Å². The topological polar surface area (TPSA) is 83.5 Å². The summed E-state index contributed by atoms with van der Waals surface area (Å²) in [4.78, 5) is 10.6. The molecule has 0 aliphatic rings. The van der Waals surface area contributed by atoms with E-state index in [0.29, 0.717) is 0 Å². The second kappa shape index (κ2) is 3.91. The van der Waals surface area contributed by atoms with Crippen molar-refractivity contribution in [2.75, 3.05) is 0 Å². The van der Waals surface area contributed by atoms with Gasteiger partial charge in [-0.05, 0) is 24.1 Å². The molecule has 4 N–H and O–H groups in total. The van der Waals surface area contributed by atoms with E-state index in [-0.39, 0.29) is 11.3 Å². The maximum absolute atomic E-state index is 10.6. The average Bonchev–Trinajstić information content (AvgIpc) is 2.17. The third-order valence-corrected chi connectivity index (χ3v) is 1.46. The normalized spacial score (nSPS) is 19.5. The Morgan fingerprint density at radius 1 is 1.62 bits per heavy atom. The average molecular weight is 184 g/mol. The molecule has 0 heterocycles. The molecule has 1 unspecified atom stereocenters. The fourth-order valence-electron chi connectivity index (χ4n) is 0.812. The summed E-state index contributed by atoms with van der Waals surface area (Å²) < 4.78 is 14.8. The maximum atomic E-state index is 10.6. The SMILES string of the molecule is [2H]C(c1ccc(O)cc1)[C@]([2H])(N)[13C](=O)O. The Kier molecular flexibility index (Phi) is 2.08. The summed E-state index contributed by atoms with van der Waals surface area (Å²) in [5.74, 6) is -1.55. The minimum absolute atomic E-state index is 0.00822. The Morgan fingerprint density at radius 2 is 2.15 bits per heavy atom. The molecule has 4 nitrogen and oxygen atoms in total. The lowest BCUT2D eigenvalue weighted by molar-refractivity contribution is -0.138. The zero-order valence-electron chi connectivity index (χ0n) is 8.77. The molecule has 1 aromatic rings. The van der Waals surface area contributed by atoms with E-state index in [0.717, 1.165) is 0 Å². The molecule has 0 aliphatic carbocycles. The molecular weight excluding hydrogens is 171 g/mol. The van der Waals surface area contributed by atoms with Gasteiger partial charge in [0.05, 0.1) is 1.37 Å². The van der Waals surface area contributed by atoms with Crippen molar-refractivity contribution in [3.05, 3.63) is 29.8 Å². The molecule has 0 saturated carbocycles. The minimum atomic E-state index is -2.39. The van der Waals surface area contributed by atoms with Crippen LogP contribution in [0.2, 0.25) is 0 Å². The van der Waals surface area contributed by atoms with E-state index in [1.807, 2.05) is 0 Å². The van der Waals surface area contributed by atoms with Crippen LogP contribution in [-0.2, 0) is 11.2 Å². The molecule has 0 amide bonds. The predicted molar refractivity (Wildman–Crippen MR) is 47.4 cm³/mol. The van der Waals surface area contributed by atoms with Crippen LogP contribution in [0.15, 0.2) is 24.3 Å². The van der Waals surface area contributed by atoms with Gasteiger partial charge in [0.25, 0.3) is 0 Å². The van der Waals surface area contributed by atoms with Crippen LogP contribution in [0.25, 0.3) is 0 Å². The monoisotopic (exact) mass is 184 g/mol. The summed E-state index contributed by atoms with van der Waals surface area (Å²) in [5, 5.41) is 17.6. The summed E-state index contributed by atoms with van der Waals surface area (Å²) in [6.07, 6.45) is -1.41. The summed E-state index contributed by atoms with van der Waals surface area (Å²) in [5.41, 5.74) is 5.46. The van der Waals surface area contributed by atoms with Crippen molar-refractivity contribution >= 4 is 5.97 Å². The summed E-state index contributed by atoms with van der Waals surface area (Å²) >= 11 is 0. The predicted octanol–water partition coefficient (Wildman–Crippen LogP) is 0.347. The van der Waals surface area contributed by atoms with E-state index < -0.39 is 18.4 Å². The van der Waals surface area contributed by atoms with Crippen molar-refractivity contribution in [1.82, 2.24) is 0 Å². The van der Waals surface area contributed by atoms with Gasteiger partial charge < -0.3 is 15.9 Å². The van der Waals surface area contributed by atoms with Crippen LogP contribution in [-0.4, -0.2) is 22.2 Å². The summed E-state index contributed by atoms with van der Waals surface area (Å²) in [6, 6.07) is 2.97. The number of nitrogens with two attached hydrogens (primary N) is 1. The molecule has 0 saturated heterocycles. The number of aliphatic carboxylic acids is 1. The van der Waals surface area contributed by atoms with Gasteiger partial charge in [0.2, 0.25) is 0 Å². The van der Waals surface area contributed by atoms with Gasteiger partial charge in [0.15, 0.2) is 0 Å². The number of phenolic OH excluding ortho intramolecular Hbond substituents is 1. The molecule has 1 rings (SSSR count). The van der Waals surface area contributed by atoms with Crippen LogP contribution in [0, 0.1) is 0 Å². The first-order chi connectivity index (χ1) is 6.85. The molecule has 1 aromatic carbocycles. The van der Waals surface area contributed by atoms with Gasteiger partial charge >= 0.3 is 5.97 Å². The highest BCUT2D eigenvalue weighted by molar-refractivity contribution is 5.73. The molecule has 0 aromatic heterocycles. The lowest BCUT2D eigenvalue weighted by Crippen LogP contribution is -2.32. The van der Waals surface area contributed by atoms with E-state index in [1.165, 1.54) is 24.3 Å². The van der Waals surface area contributed by atoms with Crippen molar-refractivity contribution in [1.29, 1.82) is 0 Å². The number of benzene rings is 1.